The number of hydrogen-bond donors (Lipinski definition) is 2. The summed E-state index contributed by atoms with van der Waals surface area (Å²) in [6.07, 6.45) is 0. The standard InChI is InChI=1S/C24H20ClFN4O/c1-14-4-3-5-20-21(14)29-24(25)30-22(20)27-15(2)16-8-12-19(13-9-16)28-23(31)17-6-10-18(26)11-7-17/h3-13,15H,1-2H3,(H,28,31)(H,27,29,30)/t15-/m1/s1. The van der Waals surface area contributed by atoms with Crippen LogP contribution in [0.2, 0.25) is 5.28 Å². The summed E-state index contributed by atoms with van der Waals surface area (Å²) in [5, 5.41) is 7.31. The second-order valence-electron chi connectivity index (χ2n) is 7.26. The van der Waals surface area contributed by atoms with Gasteiger partial charge in [0.05, 0.1) is 5.52 Å². The Bertz CT molecular complexity index is 1240. The van der Waals surface area contributed by atoms with Gasteiger partial charge >= 0.3 is 0 Å². The Kier molecular flexibility index (Phi) is 5.82. The monoisotopic (exact) mass is 434 g/mol. The van der Waals surface area contributed by atoms with Crippen LogP contribution in [-0.2, 0) is 0 Å². The van der Waals surface area contributed by atoms with E-state index in [1.165, 1.54) is 24.3 Å². The molecule has 0 aliphatic heterocycles. The molecule has 1 atom stereocenters. The SMILES string of the molecule is Cc1cccc2c(N[C@H](C)c3ccc(NC(=O)c4ccc(F)cc4)cc3)nc(Cl)nc12. The second kappa shape index (κ2) is 8.70. The number of carbonyl (C=O) groups excluding carboxylic acids is 1. The van der Waals surface area contributed by atoms with E-state index < -0.39 is 0 Å². The highest BCUT2D eigenvalue weighted by molar-refractivity contribution is 6.28. The van der Waals surface area contributed by atoms with Crippen LogP contribution in [0, 0.1) is 12.7 Å². The molecule has 1 amide bonds. The van der Waals surface area contributed by atoms with E-state index in [0.717, 1.165) is 22.0 Å². The zero-order chi connectivity index (χ0) is 22.0. The van der Waals surface area contributed by atoms with Gasteiger partial charge in [-0.05, 0) is 79.0 Å². The largest absolute Gasteiger partial charge is 0.363 e. The Morgan fingerprint density at radius 3 is 2.42 bits per heavy atom. The smallest absolute Gasteiger partial charge is 0.255 e. The molecule has 0 aliphatic rings. The maximum Gasteiger partial charge on any atom is 0.255 e. The number of anilines is 2. The molecule has 2 N–H and O–H groups in total. The van der Waals surface area contributed by atoms with E-state index in [-0.39, 0.29) is 23.0 Å². The molecule has 0 aliphatic carbocycles. The van der Waals surface area contributed by atoms with Crippen LogP contribution < -0.4 is 10.6 Å². The van der Waals surface area contributed by atoms with Crippen molar-refractivity contribution in [1.29, 1.82) is 0 Å². The Balaban J connectivity index is 1.49. The number of aromatic nitrogens is 2. The molecule has 3 aromatic carbocycles. The summed E-state index contributed by atoms with van der Waals surface area (Å²) in [6.45, 7) is 4.00. The third-order valence-corrected chi connectivity index (χ3v) is 5.20. The minimum atomic E-state index is -0.379. The van der Waals surface area contributed by atoms with Crippen molar-refractivity contribution in [2.75, 3.05) is 10.6 Å². The fourth-order valence-corrected chi connectivity index (χ4v) is 3.50. The van der Waals surface area contributed by atoms with Crippen LogP contribution >= 0.6 is 11.6 Å². The highest BCUT2D eigenvalue weighted by Crippen LogP contribution is 2.28. The lowest BCUT2D eigenvalue weighted by molar-refractivity contribution is 0.102. The van der Waals surface area contributed by atoms with Gasteiger partial charge in [-0.2, -0.15) is 0 Å². The number of nitrogens with zero attached hydrogens (tertiary/aromatic N) is 2. The molecule has 4 aromatic rings. The first-order chi connectivity index (χ1) is 14.9. The van der Waals surface area contributed by atoms with Crippen molar-refractivity contribution in [3.05, 3.63) is 94.5 Å². The summed E-state index contributed by atoms with van der Waals surface area (Å²) < 4.78 is 13.0. The van der Waals surface area contributed by atoms with Crippen LogP contribution in [0.15, 0.2) is 66.7 Å². The summed E-state index contributed by atoms with van der Waals surface area (Å²) in [5.41, 5.74) is 3.89. The molecule has 0 saturated heterocycles. The Labute approximate surface area is 184 Å². The van der Waals surface area contributed by atoms with Crippen LogP contribution in [-0.4, -0.2) is 15.9 Å². The van der Waals surface area contributed by atoms with Crippen molar-refractivity contribution in [1.82, 2.24) is 9.97 Å². The lowest BCUT2D eigenvalue weighted by atomic mass is 10.1. The highest BCUT2D eigenvalue weighted by Gasteiger charge is 2.13. The number of rotatable bonds is 5. The zero-order valence-electron chi connectivity index (χ0n) is 17.0. The molecule has 5 nitrogen and oxygen atoms in total. The molecular formula is C24H20ClFN4O. The van der Waals surface area contributed by atoms with Gasteiger partial charge in [0.1, 0.15) is 11.6 Å². The quantitative estimate of drug-likeness (QED) is 0.369. The number of aryl methyl sites for hydroxylation is 1. The normalized spacial score (nSPS) is 11.9. The summed E-state index contributed by atoms with van der Waals surface area (Å²) in [7, 11) is 0. The number of fused-ring (bicyclic) bond motifs is 1. The van der Waals surface area contributed by atoms with Crippen molar-refractivity contribution >= 4 is 39.9 Å². The van der Waals surface area contributed by atoms with Gasteiger partial charge in [0, 0.05) is 22.7 Å². The number of amides is 1. The lowest BCUT2D eigenvalue weighted by Gasteiger charge is -2.17. The predicted octanol–water partition coefficient (Wildman–Crippen LogP) is 6.16. The van der Waals surface area contributed by atoms with Crippen molar-refractivity contribution < 1.29 is 9.18 Å². The van der Waals surface area contributed by atoms with E-state index in [2.05, 4.69) is 20.6 Å². The minimum Gasteiger partial charge on any atom is -0.363 e. The number of para-hydroxylation sites is 1. The summed E-state index contributed by atoms with van der Waals surface area (Å²) in [5.74, 6) is -0.00779. The molecule has 0 radical (unpaired) electrons. The van der Waals surface area contributed by atoms with Crippen molar-refractivity contribution in [2.24, 2.45) is 0 Å². The molecule has 4 rings (SSSR count). The van der Waals surface area contributed by atoms with E-state index >= 15 is 0 Å². The van der Waals surface area contributed by atoms with E-state index in [1.54, 1.807) is 0 Å². The number of nitrogens with one attached hydrogen (secondary N) is 2. The van der Waals surface area contributed by atoms with E-state index in [0.29, 0.717) is 17.1 Å². The molecular weight excluding hydrogens is 415 g/mol. The van der Waals surface area contributed by atoms with Gasteiger partial charge < -0.3 is 10.6 Å². The Morgan fingerprint density at radius 2 is 1.71 bits per heavy atom. The topological polar surface area (TPSA) is 66.9 Å². The number of hydrogen-bond acceptors (Lipinski definition) is 4. The minimum absolute atomic E-state index is 0.0588. The Morgan fingerprint density at radius 1 is 1.00 bits per heavy atom. The summed E-state index contributed by atoms with van der Waals surface area (Å²) >= 11 is 6.13. The predicted molar refractivity (Wildman–Crippen MR) is 122 cm³/mol. The van der Waals surface area contributed by atoms with Gasteiger partial charge in [-0.3, -0.25) is 4.79 Å². The molecule has 7 heteroatoms. The highest BCUT2D eigenvalue weighted by atomic mass is 35.5. The van der Waals surface area contributed by atoms with Crippen molar-refractivity contribution in [3.8, 4) is 0 Å². The van der Waals surface area contributed by atoms with Crippen LogP contribution in [0.1, 0.15) is 34.5 Å². The van der Waals surface area contributed by atoms with Crippen molar-refractivity contribution in [2.45, 2.75) is 19.9 Å². The van der Waals surface area contributed by atoms with Gasteiger partial charge in [0.25, 0.3) is 5.91 Å². The molecule has 0 saturated carbocycles. The number of benzene rings is 3. The van der Waals surface area contributed by atoms with E-state index in [4.69, 9.17) is 11.6 Å². The van der Waals surface area contributed by atoms with Crippen molar-refractivity contribution in [3.63, 3.8) is 0 Å². The van der Waals surface area contributed by atoms with Gasteiger partial charge in [0.2, 0.25) is 5.28 Å². The first-order valence-corrected chi connectivity index (χ1v) is 10.1. The molecule has 1 heterocycles. The first kappa shape index (κ1) is 20.8. The molecule has 0 fully saturated rings. The van der Waals surface area contributed by atoms with Crippen LogP contribution in [0.4, 0.5) is 15.9 Å². The third kappa shape index (κ3) is 4.64. The van der Waals surface area contributed by atoms with Gasteiger partial charge in [-0.25, -0.2) is 14.4 Å². The maximum atomic E-state index is 13.0. The van der Waals surface area contributed by atoms with Crippen LogP contribution in [0.25, 0.3) is 10.9 Å². The molecule has 156 valence electrons. The Hall–Kier alpha value is -3.51. The number of carbonyl (C=O) groups is 1. The average Bonchev–Trinajstić information content (AvgIpc) is 2.75. The zero-order valence-corrected chi connectivity index (χ0v) is 17.7. The van der Waals surface area contributed by atoms with Crippen LogP contribution in [0.3, 0.4) is 0 Å². The van der Waals surface area contributed by atoms with Gasteiger partial charge in [0.15, 0.2) is 0 Å². The molecule has 0 spiro atoms. The summed E-state index contributed by atoms with van der Waals surface area (Å²) in [6, 6.07) is 18.8. The second-order valence-corrected chi connectivity index (χ2v) is 7.60. The lowest BCUT2D eigenvalue weighted by Crippen LogP contribution is -2.12. The van der Waals surface area contributed by atoms with E-state index in [1.807, 2.05) is 56.3 Å². The molecule has 31 heavy (non-hydrogen) atoms. The summed E-state index contributed by atoms with van der Waals surface area (Å²) in [4.78, 5) is 21.0. The van der Waals surface area contributed by atoms with Gasteiger partial charge in [-0.1, -0.05) is 24.3 Å². The molecule has 0 bridgehead atoms. The number of halogens is 2. The third-order valence-electron chi connectivity index (χ3n) is 5.03. The fourth-order valence-electron chi connectivity index (χ4n) is 3.33. The fraction of sp³-hybridized carbons (Fsp3) is 0.125. The molecule has 0 unspecified atom stereocenters. The van der Waals surface area contributed by atoms with Crippen LogP contribution in [0.5, 0.6) is 0 Å². The maximum absolute atomic E-state index is 13.0. The average molecular weight is 435 g/mol. The molecule has 1 aromatic heterocycles. The first-order valence-electron chi connectivity index (χ1n) is 9.77. The van der Waals surface area contributed by atoms with Gasteiger partial charge in [-0.15, -0.1) is 0 Å². The van der Waals surface area contributed by atoms with E-state index in [9.17, 15) is 9.18 Å².